The standard InChI is InChI=1S/C10H10F2O/c11-10(12)9-5-1-3-8(7-9)4-2-6-13/h1-5,7,10,13H,6H2. The largest absolute Gasteiger partial charge is 0.392 e. The average molecular weight is 184 g/mol. The van der Waals surface area contributed by atoms with Crippen molar-refractivity contribution in [3.05, 3.63) is 41.5 Å². The second-order valence-electron chi connectivity index (χ2n) is 2.56. The molecule has 1 aromatic carbocycles. The van der Waals surface area contributed by atoms with Crippen molar-refractivity contribution >= 4 is 6.08 Å². The van der Waals surface area contributed by atoms with E-state index in [0.29, 0.717) is 5.56 Å². The molecule has 1 aromatic rings. The molecule has 0 unspecified atom stereocenters. The third kappa shape index (κ3) is 2.95. The molecule has 13 heavy (non-hydrogen) atoms. The highest BCUT2D eigenvalue weighted by Crippen LogP contribution is 2.19. The fourth-order valence-corrected chi connectivity index (χ4v) is 0.987. The molecule has 0 saturated carbocycles. The Labute approximate surface area is 75.3 Å². The van der Waals surface area contributed by atoms with Gasteiger partial charge >= 0.3 is 0 Å². The SMILES string of the molecule is OCC=Cc1cccc(C(F)F)c1. The summed E-state index contributed by atoms with van der Waals surface area (Å²) in [7, 11) is 0. The van der Waals surface area contributed by atoms with Crippen molar-refractivity contribution in [1.82, 2.24) is 0 Å². The summed E-state index contributed by atoms with van der Waals surface area (Å²) in [5.41, 5.74) is 0.673. The van der Waals surface area contributed by atoms with Crippen LogP contribution in [0.4, 0.5) is 8.78 Å². The predicted octanol–water partition coefficient (Wildman–Crippen LogP) is 2.63. The first kappa shape index (κ1) is 9.86. The zero-order valence-electron chi connectivity index (χ0n) is 6.95. The first-order valence-electron chi connectivity index (χ1n) is 3.89. The fourth-order valence-electron chi connectivity index (χ4n) is 0.987. The lowest BCUT2D eigenvalue weighted by atomic mass is 10.1. The van der Waals surface area contributed by atoms with E-state index < -0.39 is 6.43 Å². The number of rotatable bonds is 3. The van der Waals surface area contributed by atoms with Crippen molar-refractivity contribution in [3.8, 4) is 0 Å². The van der Waals surface area contributed by atoms with Crippen molar-refractivity contribution < 1.29 is 13.9 Å². The maximum atomic E-state index is 12.2. The fraction of sp³-hybridized carbons (Fsp3) is 0.200. The highest BCUT2D eigenvalue weighted by Gasteiger charge is 2.05. The highest BCUT2D eigenvalue weighted by atomic mass is 19.3. The molecule has 1 rings (SSSR count). The van der Waals surface area contributed by atoms with Crippen molar-refractivity contribution in [2.24, 2.45) is 0 Å². The molecule has 0 saturated heterocycles. The summed E-state index contributed by atoms with van der Waals surface area (Å²) in [6.07, 6.45) is 0.665. The Morgan fingerprint density at radius 3 is 2.77 bits per heavy atom. The second-order valence-corrected chi connectivity index (χ2v) is 2.56. The lowest BCUT2D eigenvalue weighted by molar-refractivity contribution is 0.151. The molecule has 0 aliphatic rings. The van der Waals surface area contributed by atoms with Crippen LogP contribution in [0.3, 0.4) is 0 Å². The number of halogens is 2. The van der Waals surface area contributed by atoms with Crippen LogP contribution >= 0.6 is 0 Å². The molecule has 1 N–H and O–H groups in total. The molecule has 0 aromatic heterocycles. The van der Waals surface area contributed by atoms with Gasteiger partial charge in [0.15, 0.2) is 0 Å². The van der Waals surface area contributed by atoms with Crippen LogP contribution in [-0.2, 0) is 0 Å². The molecule has 0 fully saturated rings. The molecular weight excluding hydrogens is 174 g/mol. The summed E-state index contributed by atoms with van der Waals surface area (Å²) in [6.45, 7) is -0.0844. The molecule has 3 heteroatoms. The number of hydrogen-bond acceptors (Lipinski definition) is 1. The molecule has 0 bridgehead atoms. The summed E-state index contributed by atoms with van der Waals surface area (Å²) >= 11 is 0. The van der Waals surface area contributed by atoms with Gasteiger partial charge in [-0.1, -0.05) is 30.4 Å². The van der Waals surface area contributed by atoms with Gasteiger partial charge < -0.3 is 5.11 Å². The number of hydrogen-bond donors (Lipinski definition) is 1. The van der Waals surface area contributed by atoms with Crippen molar-refractivity contribution in [3.63, 3.8) is 0 Å². The van der Waals surface area contributed by atoms with E-state index in [2.05, 4.69) is 0 Å². The van der Waals surface area contributed by atoms with E-state index >= 15 is 0 Å². The number of aliphatic hydroxyl groups is 1. The van der Waals surface area contributed by atoms with Gasteiger partial charge in [-0.15, -0.1) is 0 Å². The molecule has 70 valence electrons. The minimum absolute atomic E-state index is 0.0000831. The summed E-state index contributed by atoms with van der Waals surface area (Å²) in [5.74, 6) is 0. The van der Waals surface area contributed by atoms with Crippen LogP contribution < -0.4 is 0 Å². The topological polar surface area (TPSA) is 20.2 Å². The van der Waals surface area contributed by atoms with Crippen LogP contribution in [0.1, 0.15) is 17.6 Å². The zero-order chi connectivity index (χ0) is 9.68. The smallest absolute Gasteiger partial charge is 0.263 e. The molecule has 0 heterocycles. The maximum Gasteiger partial charge on any atom is 0.263 e. The molecule has 0 amide bonds. The third-order valence-electron chi connectivity index (χ3n) is 1.58. The number of benzene rings is 1. The van der Waals surface area contributed by atoms with Gasteiger partial charge in [0.25, 0.3) is 6.43 Å². The first-order valence-corrected chi connectivity index (χ1v) is 3.89. The van der Waals surface area contributed by atoms with Gasteiger partial charge in [0.2, 0.25) is 0 Å². The second kappa shape index (κ2) is 4.72. The Morgan fingerprint density at radius 2 is 2.15 bits per heavy atom. The molecule has 1 nitrogen and oxygen atoms in total. The molecular formula is C10H10F2O. The van der Waals surface area contributed by atoms with Crippen LogP contribution in [0, 0.1) is 0 Å². The van der Waals surface area contributed by atoms with E-state index in [-0.39, 0.29) is 12.2 Å². The zero-order valence-corrected chi connectivity index (χ0v) is 6.95. The normalized spacial score (nSPS) is 11.4. The number of aliphatic hydroxyl groups excluding tert-OH is 1. The van der Waals surface area contributed by atoms with E-state index in [9.17, 15) is 8.78 Å². The van der Waals surface area contributed by atoms with Crippen LogP contribution in [0.25, 0.3) is 6.08 Å². The van der Waals surface area contributed by atoms with Gasteiger partial charge in [0.1, 0.15) is 0 Å². The van der Waals surface area contributed by atoms with Crippen LogP contribution in [0.5, 0.6) is 0 Å². The molecule has 0 atom stereocenters. The average Bonchev–Trinajstić information content (AvgIpc) is 2.15. The quantitative estimate of drug-likeness (QED) is 0.765. The van der Waals surface area contributed by atoms with Crippen LogP contribution in [0.15, 0.2) is 30.3 Å². The highest BCUT2D eigenvalue weighted by molar-refractivity contribution is 5.50. The summed E-state index contributed by atoms with van der Waals surface area (Å²) in [4.78, 5) is 0. The Kier molecular flexibility index (Phi) is 3.58. The molecule has 0 aliphatic carbocycles. The van der Waals surface area contributed by atoms with E-state index in [4.69, 9.17) is 5.11 Å². The van der Waals surface area contributed by atoms with Gasteiger partial charge in [0, 0.05) is 5.56 Å². The lowest BCUT2D eigenvalue weighted by Gasteiger charge is -1.99. The van der Waals surface area contributed by atoms with Crippen molar-refractivity contribution in [2.75, 3.05) is 6.61 Å². The summed E-state index contributed by atoms with van der Waals surface area (Å²) in [6, 6.07) is 6.05. The summed E-state index contributed by atoms with van der Waals surface area (Å²) < 4.78 is 24.4. The van der Waals surface area contributed by atoms with Gasteiger partial charge in [0.05, 0.1) is 6.61 Å². The van der Waals surface area contributed by atoms with Gasteiger partial charge in [-0.3, -0.25) is 0 Å². The Balaban J connectivity index is 2.85. The minimum Gasteiger partial charge on any atom is -0.392 e. The minimum atomic E-state index is -2.44. The Morgan fingerprint density at radius 1 is 1.38 bits per heavy atom. The monoisotopic (exact) mass is 184 g/mol. The third-order valence-corrected chi connectivity index (χ3v) is 1.58. The van der Waals surface area contributed by atoms with Crippen molar-refractivity contribution in [1.29, 1.82) is 0 Å². The number of alkyl halides is 2. The Bertz CT molecular complexity index is 295. The molecule has 0 radical (unpaired) electrons. The lowest BCUT2D eigenvalue weighted by Crippen LogP contribution is -1.84. The van der Waals surface area contributed by atoms with Crippen LogP contribution in [-0.4, -0.2) is 11.7 Å². The first-order chi connectivity index (χ1) is 6.24. The molecule has 0 aliphatic heterocycles. The van der Waals surface area contributed by atoms with Crippen molar-refractivity contribution in [2.45, 2.75) is 6.43 Å². The van der Waals surface area contributed by atoms with Gasteiger partial charge in [-0.05, 0) is 11.6 Å². The van der Waals surface area contributed by atoms with E-state index in [1.54, 1.807) is 18.2 Å². The van der Waals surface area contributed by atoms with E-state index in [1.165, 1.54) is 18.2 Å². The maximum absolute atomic E-state index is 12.2. The summed E-state index contributed by atoms with van der Waals surface area (Å²) in [5, 5.41) is 8.47. The Hall–Kier alpha value is -1.22. The van der Waals surface area contributed by atoms with Gasteiger partial charge in [-0.2, -0.15) is 0 Å². The van der Waals surface area contributed by atoms with Gasteiger partial charge in [-0.25, -0.2) is 8.78 Å². The van der Waals surface area contributed by atoms with Crippen LogP contribution in [0.2, 0.25) is 0 Å². The molecule has 0 spiro atoms. The van der Waals surface area contributed by atoms with E-state index in [1.807, 2.05) is 0 Å². The predicted molar refractivity (Wildman–Crippen MR) is 47.5 cm³/mol. The van der Waals surface area contributed by atoms with E-state index in [0.717, 1.165) is 0 Å².